The summed E-state index contributed by atoms with van der Waals surface area (Å²) in [5, 5.41) is 0. The van der Waals surface area contributed by atoms with E-state index in [0.717, 1.165) is 13.2 Å². The highest BCUT2D eigenvalue weighted by molar-refractivity contribution is 14.1. The van der Waals surface area contributed by atoms with E-state index >= 15 is 0 Å². The molecule has 0 unspecified atom stereocenters. The molecule has 1 rings (SSSR count). The van der Waals surface area contributed by atoms with Crippen LogP contribution in [0.4, 0.5) is 0 Å². The molecule has 1 aliphatic heterocycles. The van der Waals surface area contributed by atoms with E-state index in [4.69, 9.17) is 7.80 Å². The van der Waals surface area contributed by atoms with Gasteiger partial charge in [0.25, 0.3) is 0 Å². The maximum absolute atomic E-state index is 5.02. The first-order valence-corrected chi connectivity index (χ1v) is 3.02. The molecule has 0 N–H and O–H groups in total. The minimum absolute atomic E-state index is 0.0283. The minimum Gasteiger partial charge on any atom is -0.375 e. The molecule has 0 aliphatic carbocycles. The summed E-state index contributed by atoms with van der Waals surface area (Å²) in [4.78, 5) is 0. The zero-order valence-electron chi connectivity index (χ0n) is 4.11. The lowest BCUT2D eigenvalue weighted by Gasteiger charge is -2.34. The first-order chi connectivity index (χ1) is 3.27. The molecule has 0 aromatic heterocycles. The molecule has 42 valence electrons. The van der Waals surface area contributed by atoms with E-state index < -0.39 is 0 Å². The van der Waals surface area contributed by atoms with Crippen molar-refractivity contribution in [2.24, 2.45) is 0 Å². The third-order valence-corrected chi connectivity index (χ3v) is 2.06. The Bertz CT molecular complexity index is 64.6. The number of halogens is 1. The van der Waals surface area contributed by atoms with Crippen molar-refractivity contribution >= 4 is 23.0 Å². The van der Waals surface area contributed by atoms with Crippen LogP contribution in [0.2, 0.25) is 0 Å². The second-order valence-electron chi connectivity index (χ2n) is 2.02. The lowest BCUT2D eigenvalue weighted by molar-refractivity contribution is -0.131. The topological polar surface area (TPSA) is 18.5 Å². The van der Waals surface area contributed by atoms with Crippen LogP contribution >= 0.6 is 23.0 Å². The molecular formula is C4H7IO2. The van der Waals surface area contributed by atoms with E-state index in [9.17, 15) is 0 Å². The Balaban J connectivity index is 2.29. The molecule has 0 aromatic carbocycles. The minimum atomic E-state index is 0.0283. The molecular weight excluding hydrogens is 207 g/mol. The molecule has 0 aromatic rings. The molecule has 3 heteroatoms. The Morgan fingerprint density at radius 3 is 2.29 bits per heavy atom. The van der Waals surface area contributed by atoms with Crippen LogP contribution in [-0.2, 0) is 7.80 Å². The Kier molecular flexibility index (Phi) is 1.55. The third kappa shape index (κ3) is 1.06. The summed E-state index contributed by atoms with van der Waals surface area (Å²) >= 11 is 1.90. The van der Waals surface area contributed by atoms with E-state index in [1.54, 1.807) is 0 Å². The zero-order valence-corrected chi connectivity index (χ0v) is 6.27. The number of hydrogen-bond acceptors (Lipinski definition) is 2. The predicted molar refractivity (Wildman–Crippen MR) is 34.3 cm³/mol. The standard InChI is InChI=1S/C4H7IO2/c1-4(7-5)2-6-3-4/h2-3H2,1H3. The highest BCUT2D eigenvalue weighted by Crippen LogP contribution is 2.22. The molecule has 0 saturated carbocycles. The second kappa shape index (κ2) is 1.87. The summed E-state index contributed by atoms with van der Waals surface area (Å²) in [6.45, 7) is 3.52. The van der Waals surface area contributed by atoms with Crippen LogP contribution in [0.25, 0.3) is 0 Å². The fourth-order valence-electron chi connectivity index (χ4n) is 0.434. The van der Waals surface area contributed by atoms with E-state index in [1.165, 1.54) is 0 Å². The van der Waals surface area contributed by atoms with Gasteiger partial charge in [0.15, 0.2) is 0 Å². The van der Waals surface area contributed by atoms with Crippen molar-refractivity contribution in [2.45, 2.75) is 12.5 Å². The maximum Gasteiger partial charge on any atom is 0.124 e. The predicted octanol–water partition coefficient (Wildman–Crippen LogP) is 1.14. The molecule has 1 saturated heterocycles. The van der Waals surface area contributed by atoms with Gasteiger partial charge >= 0.3 is 0 Å². The van der Waals surface area contributed by atoms with Crippen molar-refractivity contribution in [1.82, 2.24) is 0 Å². The molecule has 0 amide bonds. The van der Waals surface area contributed by atoms with Crippen LogP contribution in [0.15, 0.2) is 0 Å². The lowest BCUT2D eigenvalue weighted by Crippen LogP contribution is -2.46. The normalized spacial score (nSPS) is 26.6. The Hall–Kier alpha value is 0.650. The Labute approximate surface area is 56.9 Å². The van der Waals surface area contributed by atoms with E-state index in [0.29, 0.717) is 0 Å². The van der Waals surface area contributed by atoms with Crippen molar-refractivity contribution in [3.63, 3.8) is 0 Å². The van der Waals surface area contributed by atoms with Crippen LogP contribution in [0.5, 0.6) is 0 Å². The highest BCUT2D eigenvalue weighted by Gasteiger charge is 2.33. The van der Waals surface area contributed by atoms with Crippen LogP contribution < -0.4 is 0 Å². The first kappa shape index (κ1) is 5.78. The average Bonchev–Trinajstić information content (AvgIpc) is 1.61. The van der Waals surface area contributed by atoms with E-state index in [2.05, 4.69) is 0 Å². The monoisotopic (exact) mass is 214 g/mol. The Morgan fingerprint density at radius 1 is 1.71 bits per heavy atom. The first-order valence-electron chi connectivity index (χ1n) is 2.14. The summed E-state index contributed by atoms with van der Waals surface area (Å²) in [7, 11) is 0. The van der Waals surface area contributed by atoms with Crippen LogP contribution in [0, 0.1) is 0 Å². The van der Waals surface area contributed by atoms with Crippen LogP contribution in [0.3, 0.4) is 0 Å². The largest absolute Gasteiger partial charge is 0.375 e. The quantitative estimate of drug-likeness (QED) is 0.609. The van der Waals surface area contributed by atoms with Crippen LogP contribution in [0.1, 0.15) is 6.92 Å². The molecule has 1 heterocycles. The molecule has 1 fully saturated rings. The van der Waals surface area contributed by atoms with Gasteiger partial charge in [-0.1, -0.05) is 0 Å². The maximum atomic E-state index is 5.02. The number of ether oxygens (including phenoxy) is 1. The number of hydrogen-bond donors (Lipinski definition) is 0. The average molecular weight is 214 g/mol. The molecule has 7 heavy (non-hydrogen) atoms. The van der Waals surface area contributed by atoms with Gasteiger partial charge in [-0.25, -0.2) is 0 Å². The molecule has 2 nitrogen and oxygen atoms in total. The molecule has 0 spiro atoms. The fourth-order valence-corrected chi connectivity index (χ4v) is 0.688. The summed E-state index contributed by atoms with van der Waals surface area (Å²) < 4.78 is 9.92. The fraction of sp³-hybridized carbons (Fsp3) is 1.00. The van der Waals surface area contributed by atoms with Gasteiger partial charge in [-0.2, -0.15) is 0 Å². The van der Waals surface area contributed by atoms with Gasteiger partial charge in [0.2, 0.25) is 0 Å². The summed E-state index contributed by atoms with van der Waals surface area (Å²) in [6, 6.07) is 0. The summed E-state index contributed by atoms with van der Waals surface area (Å²) in [5.74, 6) is 0. The van der Waals surface area contributed by atoms with Gasteiger partial charge in [0, 0.05) is 0 Å². The SMILES string of the molecule is CC1(OI)COC1. The van der Waals surface area contributed by atoms with Gasteiger partial charge in [-0.3, -0.25) is 0 Å². The highest BCUT2D eigenvalue weighted by atomic mass is 127. The van der Waals surface area contributed by atoms with Crippen molar-refractivity contribution in [3.05, 3.63) is 0 Å². The molecule has 0 radical (unpaired) electrons. The smallest absolute Gasteiger partial charge is 0.124 e. The van der Waals surface area contributed by atoms with Gasteiger partial charge in [-0.05, 0) is 6.92 Å². The summed E-state index contributed by atoms with van der Waals surface area (Å²) in [6.07, 6.45) is 0. The molecule has 1 aliphatic rings. The number of rotatable bonds is 1. The summed E-state index contributed by atoms with van der Waals surface area (Å²) in [5.41, 5.74) is 0.0283. The van der Waals surface area contributed by atoms with E-state index in [-0.39, 0.29) is 5.60 Å². The van der Waals surface area contributed by atoms with E-state index in [1.807, 2.05) is 29.9 Å². The van der Waals surface area contributed by atoms with Crippen molar-refractivity contribution in [3.8, 4) is 0 Å². The third-order valence-electron chi connectivity index (χ3n) is 1.00. The lowest BCUT2D eigenvalue weighted by atomic mass is 10.1. The second-order valence-corrected chi connectivity index (χ2v) is 2.46. The van der Waals surface area contributed by atoms with Gasteiger partial charge in [0.05, 0.1) is 13.2 Å². The van der Waals surface area contributed by atoms with Crippen LogP contribution in [-0.4, -0.2) is 18.8 Å². The van der Waals surface area contributed by atoms with Crippen molar-refractivity contribution in [2.75, 3.05) is 13.2 Å². The van der Waals surface area contributed by atoms with Crippen molar-refractivity contribution in [1.29, 1.82) is 0 Å². The Morgan fingerprint density at radius 2 is 2.29 bits per heavy atom. The molecule has 0 bridgehead atoms. The van der Waals surface area contributed by atoms with Crippen molar-refractivity contribution < 1.29 is 7.80 Å². The van der Waals surface area contributed by atoms with Gasteiger partial charge < -0.3 is 7.80 Å². The zero-order chi connectivity index (χ0) is 5.33. The molecule has 0 atom stereocenters. The van der Waals surface area contributed by atoms with Gasteiger partial charge in [0.1, 0.15) is 28.6 Å². The van der Waals surface area contributed by atoms with Gasteiger partial charge in [-0.15, -0.1) is 0 Å².